The summed E-state index contributed by atoms with van der Waals surface area (Å²) < 4.78 is 23.7. The van der Waals surface area contributed by atoms with Crippen molar-refractivity contribution >= 4 is 33.0 Å². The van der Waals surface area contributed by atoms with Crippen LogP contribution in [-0.4, -0.2) is 38.1 Å². The van der Waals surface area contributed by atoms with E-state index in [9.17, 15) is 8.42 Å². The molecule has 0 bridgehead atoms. The second-order valence-electron chi connectivity index (χ2n) is 4.44. The largest absolute Gasteiger partial charge is 0.397 e. The summed E-state index contributed by atoms with van der Waals surface area (Å²) in [5, 5.41) is 8.36. The third kappa shape index (κ3) is 2.96. The molecule has 0 spiro atoms. The van der Waals surface area contributed by atoms with Gasteiger partial charge in [0.25, 0.3) is 0 Å². The first kappa shape index (κ1) is 14.0. The lowest BCUT2D eigenvalue weighted by Crippen LogP contribution is -2.47. The average Bonchev–Trinajstić information content (AvgIpc) is 2.38. The molecule has 1 atom stereocenters. The lowest BCUT2D eigenvalue weighted by Gasteiger charge is -2.36. The highest BCUT2D eigenvalue weighted by atomic mass is 32.2. The van der Waals surface area contributed by atoms with E-state index in [2.05, 4.69) is 6.07 Å². The molecule has 0 aliphatic carbocycles. The van der Waals surface area contributed by atoms with Crippen LogP contribution in [0.3, 0.4) is 0 Å². The number of nitrogens with zero attached hydrogens (tertiary/aromatic N) is 2. The fourth-order valence-corrected chi connectivity index (χ4v) is 4.91. The summed E-state index contributed by atoms with van der Waals surface area (Å²) in [7, 11) is -3.19. The van der Waals surface area contributed by atoms with Crippen LogP contribution in [-0.2, 0) is 9.84 Å². The van der Waals surface area contributed by atoms with Gasteiger partial charge in [-0.2, -0.15) is 17.0 Å². The van der Waals surface area contributed by atoms with E-state index in [-0.39, 0.29) is 0 Å². The number of nitrogen functional groups attached to an aromatic ring is 1. The van der Waals surface area contributed by atoms with Crippen LogP contribution in [0.1, 0.15) is 5.56 Å². The minimum absolute atomic E-state index is 0.481. The molecule has 1 saturated heterocycles. The summed E-state index contributed by atoms with van der Waals surface area (Å²) in [6.07, 6.45) is 1.24. The number of benzene rings is 1. The molecule has 5 nitrogen and oxygen atoms in total. The number of rotatable bonds is 2. The van der Waals surface area contributed by atoms with Crippen molar-refractivity contribution in [3.8, 4) is 6.07 Å². The summed E-state index contributed by atoms with van der Waals surface area (Å²) in [4.78, 5) is 1.79. The van der Waals surface area contributed by atoms with Crippen LogP contribution in [0.15, 0.2) is 18.2 Å². The van der Waals surface area contributed by atoms with Crippen LogP contribution in [0, 0.1) is 11.3 Å². The highest BCUT2D eigenvalue weighted by Gasteiger charge is 2.32. The molecule has 1 aromatic rings. The first-order valence-corrected chi connectivity index (χ1v) is 8.87. The summed E-state index contributed by atoms with van der Waals surface area (Å²) in [6, 6.07) is 6.99. The van der Waals surface area contributed by atoms with Crippen molar-refractivity contribution in [1.29, 1.82) is 5.26 Å². The van der Waals surface area contributed by atoms with E-state index in [1.165, 1.54) is 6.26 Å². The smallest absolute Gasteiger partial charge is 0.169 e. The fourth-order valence-electron chi connectivity index (χ4n) is 2.07. The molecule has 19 heavy (non-hydrogen) atoms. The quantitative estimate of drug-likeness (QED) is 0.821. The van der Waals surface area contributed by atoms with E-state index in [4.69, 9.17) is 11.0 Å². The predicted octanol–water partition coefficient (Wildman–Crippen LogP) is 1.06. The zero-order valence-corrected chi connectivity index (χ0v) is 12.2. The Morgan fingerprint density at radius 3 is 2.89 bits per heavy atom. The summed E-state index contributed by atoms with van der Waals surface area (Å²) >= 11 is 1.62. The molecule has 1 aromatic carbocycles. The van der Waals surface area contributed by atoms with Crippen molar-refractivity contribution < 1.29 is 8.42 Å². The molecule has 1 aliphatic rings. The first-order chi connectivity index (χ1) is 8.93. The van der Waals surface area contributed by atoms with Crippen LogP contribution in [0.2, 0.25) is 0 Å². The van der Waals surface area contributed by atoms with Gasteiger partial charge in [0.2, 0.25) is 0 Å². The monoisotopic (exact) mass is 297 g/mol. The van der Waals surface area contributed by atoms with Gasteiger partial charge in [-0.15, -0.1) is 0 Å². The Morgan fingerprint density at radius 1 is 1.53 bits per heavy atom. The molecular weight excluding hydrogens is 282 g/mol. The SMILES string of the molecule is CS(=O)(=O)C1CSCCN1c1cc(C#N)ccc1N. The molecule has 1 heterocycles. The zero-order valence-electron chi connectivity index (χ0n) is 10.5. The summed E-state index contributed by atoms with van der Waals surface area (Å²) in [6.45, 7) is 0.613. The maximum atomic E-state index is 11.9. The van der Waals surface area contributed by atoms with Crippen molar-refractivity contribution in [1.82, 2.24) is 0 Å². The number of nitrogens with two attached hydrogens (primary N) is 1. The number of nitriles is 1. The Balaban J connectivity index is 2.46. The molecule has 102 valence electrons. The van der Waals surface area contributed by atoms with Crippen LogP contribution < -0.4 is 10.6 Å². The average molecular weight is 297 g/mol. The van der Waals surface area contributed by atoms with Crippen LogP contribution in [0.4, 0.5) is 11.4 Å². The van der Waals surface area contributed by atoms with E-state index < -0.39 is 15.2 Å². The molecule has 2 N–H and O–H groups in total. The van der Waals surface area contributed by atoms with Gasteiger partial charge >= 0.3 is 0 Å². The van der Waals surface area contributed by atoms with Gasteiger partial charge in [0.05, 0.1) is 23.0 Å². The maximum Gasteiger partial charge on any atom is 0.169 e. The summed E-state index contributed by atoms with van der Waals surface area (Å²) in [5.74, 6) is 1.37. The topological polar surface area (TPSA) is 87.2 Å². The molecule has 0 amide bonds. The minimum Gasteiger partial charge on any atom is -0.397 e. The Kier molecular flexibility index (Phi) is 3.92. The number of sulfone groups is 1. The van der Waals surface area contributed by atoms with Crippen molar-refractivity contribution in [2.24, 2.45) is 0 Å². The molecule has 1 fully saturated rings. The van der Waals surface area contributed by atoms with Gasteiger partial charge in [-0.25, -0.2) is 8.42 Å². The molecule has 2 rings (SSSR count). The standard InChI is InChI=1S/C12H15N3O2S2/c1-19(16,17)12-8-18-5-4-15(12)11-6-9(7-13)2-3-10(11)14/h2-3,6,12H,4-5,8,14H2,1H3. The van der Waals surface area contributed by atoms with E-state index in [0.717, 1.165) is 5.75 Å². The first-order valence-electron chi connectivity index (χ1n) is 5.76. The predicted molar refractivity (Wildman–Crippen MR) is 78.9 cm³/mol. The van der Waals surface area contributed by atoms with E-state index >= 15 is 0 Å². The van der Waals surface area contributed by atoms with Gasteiger partial charge in [0, 0.05) is 24.3 Å². The molecule has 0 radical (unpaired) electrons. The van der Waals surface area contributed by atoms with E-state index in [1.807, 2.05) is 0 Å². The zero-order chi connectivity index (χ0) is 14.0. The maximum absolute atomic E-state index is 11.9. The Morgan fingerprint density at radius 2 is 2.26 bits per heavy atom. The molecule has 0 saturated carbocycles. The van der Waals surface area contributed by atoms with Gasteiger partial charge < -0.3 is 10.6 Å². The lowest BCUT2D eigenvalue weighted by atomic mass is 10.1. The van der Waals surface area contributed by atoms with Gasteiger partial charge in [-0.3, -0.25) is 0 Å². The lowest BCUT2D eigenvalue weighted by molar-refractivity contribution is 0.584. The Hall–Kier alpha value is -1.39. The van der Waals surface area contributed by atoms with Gasteiger partial charge in [-0.05, 0) is 18.2 Å². The van der Waals surface area contributed by atoms with E-state index in [0.29, 0.717) is 29.2 Å². The van der Waals surface area contributed by atoms with Gasteiger partial charge in [-0.1, -0.05) is 0 Å². The van der Waals surface area contributed by atoms with Crippen molar-refractivity contribution in [2.75, 3.05) is 34.9 Å². The fraction of sp³-hybridized carbons (Fsp3) is 0.417. The number of anilines is 2. The van der Waals surface area contributed by atoms with Crippen molar-refractivity contribution in [3.05, 3.63) is 23.8 Å². The molecule has 0 aromatic heterocycles. The van der Waals surface area contributed by atoms with Crippen molar-refractivity contribution in [2.45, 2.75) is 5.37 Å². The molecule has 7 heteroatoms. The third-order valence-corrected chi connectivity index (χ3v) is 5.69. The molecular formula is C12H15N3O2S2. The van der Waals surface area contributed by atoms with Crippen molar-refractivity contribution in [3.63, 3.8) is 0 Å². The van der Waals surface area contributed by atoms with Crippen LogP contribution in [0.5, 0.6) is 0 Å². The third-order valence-electron chi connectivity index (χ3n) is 3.05. The van der Waals surface area contributed by atoms with Gasteiger partial charge in [0.15, 0.2) is 9.84 Å². The minimum atomic E-state index is -3.19. The van der Waals surface area contributed by atoms with Crippen LogP contribution >= 0.6 is 11.8 Å². The number of thioether (sulfide) groups is 1. The number of hydrogen-bond acceptors (Lipinski definition) is 6. The highest BCUT2D eigenvalue weighted by molar-refractivity contribution is 8.01. The number of hydrogen-bond donors (Lipinski definition) is 1. The second-order valence-corrected chi connectivity index (χ2v) is 7.79. The molecule has 1 unspecified atom stereocenters. The second kappa shape index (κ2) is 5.31. The van der Waals surface area contributed by atoms with Gasteiger partial charge in [0.1, 0.15) is 5.37 Å². The Labute approximate surface area is 117 Å². The Bertz CT molecular complexity index is 622. The van der Waals surface area contributed by atoms with Crippen LogP contribution in [0.25, 0.3) is 0 Å². The highest BCUT2D eigenvalue weighted by Crippen LogP contribution is 2.31. The summed E-state index contributed by atoms with van der Waals surface area (Å²) in [5.41, 5.74) is 7.54. The molecule has 1 aliphatic heterocycles. The normalized spacial score (nSPS) is 20.0. The van der Waals surface area contributed by atoms with E-state index in [1.54, 1.807) is 34.9 Å².